The number of aryl methyl sites for hydroxylation is 1. The highest BCUT2D eigenvalue weighted by Gasteiger charge is 2.63. The number of hydrogen-bond acceptors (Lipinski definition) is 6. The summed E-state index contributed by atoms with van der Waals surface area (Å²) in [5.74, 6) is 0. The normalized spacial score (nSPS) is 38.5. The fraction of sp³-hybridized carbons (Fsp3) is 0.538. The summed E-state index contributed by atoms with van der Waals surface area (Å²) >= 11 is 0. The van der Waals surface area contributed by atoms with E-state index < -0.39 is 22.5 Å². The van der Waals surface area contributed by atoms with Gasteiger partial charge in [0.15, 0.2) is 12.4 Å². The van der Waals surface area contributed by atoms with Gasteiger partial charge in [-0.3, -0.25) is 4.18 Å². The van der Waals surface area contributed by atoms with Crippen LogP contribution in [0.25, 0.3) is 0 Å². The summed E-state index contributed by atoms with van der Waals surface area (Å²) in [6.07, 6.45) is -1.84. The molecule has 6 nitrogen and oxygen atoms in total. The van der Waals surface area contributed by atoms with Gasteiger partial charge in [-0.15, -0.1) is 0 Å². The van der Waals surface area contributed by atoms with Gasteiger partial charge in [-0.2, -0.15) is 8.42 Å². The summed E-state index contributed by atoms with van der Waals surface area (Å²) in [6, 6.07) is 6.51. The molecule has 0 spiro atoms. The van der Waals surface area contributed by atoms with Crippen molar-refractivity contribution in [1.82, 2.24) is 0 Å². The van der Waals surface area contributed by atoms with Crippen molar-refractivity contribution in [2.24, 2.45) is 0 Å². The first-order chi connectivity index (χ1) is 9.54. The molecule has 5 atom stereocenters. The molecular formula is C13H14O6S. The zero-order chi connectivity index (χ0) is 13.9. The van der Waals surface area contributed by atoms with Crippen molar-refractivity contribution in [3.05, 3.63) is 29.8 Å². The van der Waals surface area contributed by atoms with E-state index in [9.17, 15) is 8.42 Å². The number of fused-ring (bicyclic) bond motifs is 4. The monoisotopic (exact) mass is 298 g/mol. The van der Waals surface area contributed by atoms with Crippen LogP contribution in [0.15, 0.2) is 29.2 Å². The largest absolute Gasteiger partial charge is 0.364 e. The molecule has 20 heavy (non-hydrogen) atoms. The molecule has 3 fully saturated rings. The van der Waals surface area contributed by atoms with Crippen molar-refractivity contribution in [2.75, 3.05) is 6.61 Å². The average Bonchev–Trinajstić information content (AvgIpc) is 3.09. The van der Waals surface area contributed by atoms with Crippen LogP contribution in [-0.2, 0) is 28.5 Å². The Labute approximate surface area is 116 Å². The number of hydrogen-bond donors (Lipinski definition) is 0. The molecule has 2 bridgehead atoms. The topological polar surface area (TPSA) is 74.4 Å². The maximum atomic E-state index is 12.3. The highest BCUT2D eigenvalue weighted by molar-refractivity contribution is 7.86. The summed E-state index contributed by atoms with van der Waals surface area (Å²) in [5, 5.41) is 0. The maximum Gasteiger partial charge on any atom is 0.297 e. The van der Waals surface area contributed by atoms with Crippen molar-refractivity contribution < 1.29 is 26.8 Å². The van der Waals surface area contributed by atoms with Crippen LogP contribution in [0.3, 0.4) is 0 Å². The Morgan fingerprint density at radius 1 is 1.15 bits per heavy atom. The molecule has 1 aromatic rings. The van der Waals surface area contributed by atoms with Gasteiger partial charge in [0.25, 0.3) is 10.1 Å². The quantitative estimate of drug-likeness (QED) is 0.600. The van der Waals surface area contributed by atoms with Crippen LogP contribution in [-0.4, -0.2) is 45.7 Å². The minimum absolute atomic E-state index is 0.0908. The molecule has 7 heteroatoms. The lowest BCUT2D eigenvalue weighted by Crippen LogP contribution is -2.42. The molecule has 108 valence electrons. The summed E-state index contributed by atoms with van der Waals surface area (Å²) in [4.78, 5) is 0.125. The second-order valence-electron chi connectivity index (χ2n) is 5.27. The number of ether oxygens (including phenoxy) is 3. The van der Waals surface area contributed by atoms with E-state index in [-0.39, 0.29) is 23.2 Å². The Bertz CT molecular complexity index is 625. The molecule has 0 saturated carbocycles. The van der Waals surface area contributed by atoms with E-state index in [0.29, 0.717) is 6.61 Å². The first-order valence-corrected chi connectivity index (χ1v) is 7.88. The van der Waals surface area contributed by atoms with Gasteiger partial charge in [0.05, 0.1) is 11.5 Å². The predicted molar refractivity (Wildman–Crippen MR) is 66.5 cm³/mol. The highest BCUT2D eigenvalue weighted by atomic mass is 32.2. The molecular weight excluding hydrogens is 284 g/mol. The van der Waals surface area contributed by atoms with Crippen LogP contribution in [0.5, 0.6) is 0 Å². The third kappa shape index (κ3) is 1.97. The van der Waals surface area contributed by atoms with Gasteiger partial charge < -0.3 is 14.2 Å². The van der Waals surface area contributed by atoms with E-state index in [1.54, 1.807) is 12.1 Å². The Hall–Kier alpha value is -0.990. The lowest BCUT2D eigenvalue weighted by molar-refractivity contribution is -0.133. The van der Waals surface area contributed by atoms with Gasteiger partial charge in [-0.25, -0.2) is 0 Å². The van der Waals surface area contributed by atoms with Crippen LogP contribution in [0, 0.1) is 6.92 Å². The van der Waals surface area contributed by atoms with E-state index >= 15 is 0 Å². The number of rotatable bonds is 3. The molecule has 0 unspecified atom stereocenters. The van der Waals surface area contributed by atoms with E-state index in [2.05, 4.69) is 0 Å². The Kier molecular flexibility index (Phi) is 2.71. The van der Waals surface area contributed by atoms with Crippen LogP contribution in [0.4, 0.5) is 0 Å². The summed E-state index contributed by atoms with van der Waals surface area (Å²) in [6.45, 7) is 2.32. The Morgan fingerprint density at radius 2 is 1.90 bits per heavy atom. The molecule has 0 radical (unpaired) electrons. The van der Waals surface area contributed by atoms with Crippen LogP contribution >= 0.6 is 0 Å². The van der Waals surface area contributed by atoms with Gasteiger partial charge in [-0.05, 0) is 19.1 Å². The smallest absolute Gasteiger partial charge is 0.297 e. The molecule has 3 aliphatic heterocycles. The van der Waals surface area contributed by atoms with Gasteiger partial charge in [-0.1, -0.05) is 17.7 Å². The summed E-state index contributed by atoms with van der Waals surface area (Å²) in [5.41, 5.74) is 0.984. The van der Waals surface area contributed by atoms with E-state index in [1.165, 1.54) is 12.1 Å². The molecule has 0 aliphatic carbocycles. The van der Waals surface area contributed by atoms with Crippen LogP contribution in [0.1, 0.15) is 5.56 Å². The predicted octanol–water partition coefficient (Wildman–Crippen LogP) is 0.591. The van der Waals surface area contributed by atoms with Gasteiger partial charge in [0.1, 0.15) is 18.3 Å². The van der Waals surface area contributed by atoms with E-state index in [4.69, 9.17) is 18.4 Å². The Balaban J connectivity index is 1.57. The second-order valence-corrected chi connectivity index (χ2v) is 6.84. The first-order valence-electron chi connectivity index (χ1n) is 6.47. The molecule has 0 aromatic heterocycles. The van der Waals surface area contributed by atoms with Crippen molar-refractivity contribution >= 4 is 10.1 Å². The summed E-state index contributed by atoms with van der Waals surface area (Å²) < 4.78 is 46.2. The van der Waals surface area contributed by atoms with Gasteiger partial charge in [0.2, 0.25) is 0 Å². The van der Waals surface area contributed by atoms with E-state index in [0.717, 1.165) is 5.56 Å². The average molecular weight is 298 g/mol. The minimum atomic E-state index is -3.85. The fourth-order valence-electron chi connectivity index (χ4n) is 2.65. The van der Waals surface area contributed by atoms with Gasteiger partial charge in [0, 0.05) is 0 Å². The fourth-order valence-corrected chi connectivity index (χ4v) is 3.72. The molecule has 3 saturated heterocycles. The molecule has 3 heterocycles. The molecule has 1 aromatic carbocycles. The summed E-state index contributed by atoms with van der Waals surface area (Å²) in [7, 11) is -3.85. The van der Waals surface area contributed by atoms with Crippen LogP contribution in [0.2, 0.25) is 0 Å². The number of benzene rings is 1. The second kappa shape index (κ2) is 4.25. The third-order valence-corrected chi connectivity index (χ3v) is 5.13. The van der Waals surface area contributed by atoms with E-state index in [1.807, 2.05) is 6.92 Å². The molecule has 4 rings (SSSR count). The van der Waals surface area contributed by atoms with Crippen molar-refractivity contribution in [1.29, 1.82) is 0 Å². The standard InChI is InChI=1S/C13H14O6S/c1-7-2-4-8(5-3-7)20(14,15)19-12-11-10(18-11)9-6-16-13(12)17-9/h2-5,9-13H,6H2,1H3/t9-,10-,11+,12+,13+/m1/s1. The first kappa shape index (κ1) is 12.7. The Morgan fingerprint density at radius 3 is 2.65 bits per heavy atom. The SMILES string of the molecule is Cc1ccc(S(=O)(=O)O[C@@H]2[C@H]3OC[C@@H](O3)[C@H]3O[C@H]23)cc1. The van der Waals surface area contributed by atoms with Crippen molar-refractivity contribution in [2.45, 2.75) is 42.5 Å². The van der Waals surface area contributed by atoms with Crippen LogP contribution < -0.4 is 0 Å². The van der Waals surface area contributed by atoms with Crippen molar-refractivity contribution in [3.63, 3.8) is 0 Å². The maximum absolute atomic E-state index is 12.3. The molecule has 0 N–H and O–H groups in total. The zero-order valence-electron chi connectivity index (χ0n) is 10.8. The third-order valence-electron chi connectivity index (χ3n) is 3.80. The number of epoxide rings is 1. The molecule has 3 aliphatic rings. The minimum Gasteiger partial charge on any atom is -0.364 e. The molecule has 0 amide bonds. The van der Waals surface area contributed by atoms with Crippen molar-refractivity contribution in [3.8, 4) is 0 Å². The lowest BCUT2D eigenvalue weighted by Gasteiger charge is -2.23. The zero-order valence-corrected chi connectivity index (χ0v) is 11.6. The lowest BCUT2D eigenvalue weighted by atomic mass is 10.1. The highest BCUT2D eigenvalue weighted by Crippen LogP contribution is 2.43. The van der Waals surface area contributed by atoms with Gasteiger partial charge >= 0.3 is 0 Å².